The highest BCUT2D eigenvalue weighted by atomic mass is 32.2. The first-order valence-electron chi connectivity index (χ1n) is 9.75. The minimum absolute atomic E-state index is 0.194. The number of halogens is 1. The van der Waals surface area contributed by atoms with E-state index in [1.807, 2.05) is 12.1 Å². The summed E-state index contributed by atoms with van der Waals surface area (Å²) in [4.78, 5) is 22.1. The van der Waals surface area contributed by atoms with Crippen LogP contribution in [0.3, 0.4) is 0 Å². The van der Waals surface area contributed by atoms with E-state index in [-0.39, 0.29) is 12.5 Å². The van der Waals surface area contributed by atoms with E-state index in [0.717, 1.165) is 4.90 Å². The van der Waals surface area contributed by atoms with Crippen LogP contribution in [0.2, 0.25) is 0 Å². The number of thioether (sulfide) groups is 1. The van der Waals surface area contributed by atoms with Gasteiger partial charge in [-0.25, -0.2) is 9.37 Å². The maximum absolute atomic E-state index is 13.4. The van der Waals surface area contributed by atoms with Gasteiger partial charge in [-0.1, -0.05) is 29.4 Å². The predicted molar refractivity (Wildman–Crippen MR) is 117 cm³/mol. The third-order valence-corrected chi connectivity index (χ3v) is 5.41. The molecule has 2 heterocycles. The van der Waals surface area contributed by atoms with Crippen molar-refractivity contribution < 1.29 is 18.4 Å². The van der Waals surface area contributed by atoms with Crippen LogP contribution >= 0.6 is 11.8 Å². The molecule has 0 spiro atoms. The number of hydrogen-bond acceptors (Lipinski definition) is 7. The maximum atomic E-state index is 13.4. The predicted octanol–water partition coefficient (Wildman–Crippen LogP) is 4.93. The quantitative estimate of drug-likeness (QED) is 0.381. The van der Waals surface area contributed by atoms with Crippen LogP contribution in [-0.2, 0) is 12.3 Å². The van der Waals surface area contributed by atoms with Crippen LogP contribution in [0.25, 0.3) is 0 Å². The molecule has 0 radical (unpaired) electrons. The molecule has 32 heavy (non-hydrogen) atoms. The van der Waals surface area contributed by atoms with Gasteiger partial charge in [0, 0.05) is 29.3 Å². The second-order valence-corrected chi connectivity index (χ2v) is 7.75. The van der Waals surface area contributed by atoms with Crippen molar-refractivity contribution in [2.24, 2.45) is 0 Å². The van der Waals surface area contributed by atoms with Crippen molar-refractivity contribution in [3.8, 4) is 11.6 Å². The average Bonchev–Trinajstić information content (AvgIpc) is 3.22. The molecule has 1 amide bonds. The molecule has 162 valence electrons. The van der Waals surface area contributed by atoms with Crippen molar-refractivity contribution in [3.05, 3.63) is 95.5 Å². The fourth-order valence-corrected chi connectivity index (χ4v) is 3.77. The molecule has 2 aromatic carbocycles. The smallest absolute Gasteiger partial charge is 0.252 e. The standard InChI is InChI=1S/C23H19FN4O3S/c1-15-27-21(31-28-15)14-32-20-10-3-2-9-19(20)22(29)26-13-16-6-5-11-25-23(16)30-18-8-4-7-17(24)12-18/h2-12H,13-14H2,1H3,(H,26,29). The minimum atomic E-state index is -0.405. The Bertz CT molecular complexity index is 1230. The second-order valence-electron chi connectivity index (χ2n) is 6.73. The van der Waals surface area contributed by atoms with E-state index in [1.54, 1.807) is 49.5 Å². The number of aromatic nitrogens is 3. The Balaban J connectivity index is 1.43. The molecule has 4 aromatic rings. The molecule has 1 N–H and O–H groups in total. The lowest BCUT2D eigenvalue weighted by molar-refractivity contribution is 0.0947. The molecular weight excluding hydrogens is 431 g/mol. The van der Waals surface area contributed by atoms with Crippen molar-refractivity contribution in [1.82, 2.24) is 20.4 Å². The Labute approximate surface area is 188 Å². The van der Waals surface area contributed by atoms with Gasteiger partial charge in [0.2, 0.25) is 11.8 Å². The molecule has 4 rings (SSSR count). The molecule has 0 saturated heterocycles. The molecule has 0 fully saturated rings. The zero-order chi connectivity index (χ0) is 22.3. The summed E-state index contributed by atoms with van der Waals surface area (Å²) < 4.78 is 24.3. The van der Waals surface area contributed by atoms with Crippen LogP contribution in [0, 0.1) is 12.7 Å². The number of rotatable bonds is 8. The van der Waals surface area contributed by atoms with E-state index < -0.39 is 5.82 Å². The summed E-state index contributed by atoms with van der Waals surface area (Å²) in [7, 11) is 0. The lowest BCUT2D eigenvalue weighted by Gasteiger charge is -2.12. The largest absolute Gasteiger partial charge is 0.439 e. The van der Waals surface area contributed by atoms with Gasteiger partial charge in [0.05, 0.1) is 11.3 Å². The number of hydrogen-bond donors (Lipinski definition) is 1. The fourth-order valence-electron chi connectivity index (χ4n) is 2.88. The zero-order valence-corrected chi connectivity index (χ0v) is 17.9. The lowest BCUT2D eigenvalue weighted by Crippen LogP contribution is -2.23. The number of aryl methyl sites for hydroxylation is 1. The van der Waals surface area contributed by atoms with Gasteiger partial charge < -0.3 is 14.6 Å². The highest BCUT2D eigenvalue weighted by Gasteiger charge is 2.14. The van der Waals surface area contributed by atoms with E-state index >= 15 is 0 Å². The van der Waals surface area contributed by atoms with Crippen molar-refractivity contribution in [2.45, 2.75) is 24.1 Å². The highest BCUT2D eigenvalue weighted by Crippen LogP contribution is 2.27. The molecule has 0 aliphatic carbocycles. The summed E-state index contributed by atoms with van der Waals surface area (Å²) in [5.41, 5.74) is 1.20. The van der Waals surface area contributed by atoms with Crippen LogP contribution < -0.4 is 10.1 Å². The molecule has 7 nitrogen and oxygen atoms in total. The number of nitrogens with zero attached hydrogens (tertiary/aromatic N) is 3. The number of nitrogens with one attached hydrogen (secondary N) is 1. The molecule has 0 aliphatic rings. The summed E-state index contributed by atoms with van der Waals surface area (Å²) in [6.45, 7) is 1.95. The fraction of sp³-hybridized carbons (Fsp3) is 0.130. The molecule has 0 bridgehead atoms. The molecule has 0 aliphatic heterocycles. The van der Waals surface area contributed by atoms with Crippen molar-refractivity contribution in [2.75, 3.05) is 0 Å². The molecule has 0 unspecified atom stereocenters. The number of benzene rings is 2. The average molecular weight is 450 g/mol. The van der Waals surface area contributed by atoms with E-state index in [0.29, 0.717) is 40.2 Å². The molecule has 0 saturated carbocycles. The van der Waals surface area contributed by atoms with Crippen LogP contribution in [-0.4, -0.2) is 21.0 Å². The Morgan fingerprint density at radius 3 is 2.84 bits per heavy atom. The molecule has 2 aromatic heterocycles. The van der Waals surface area contributed by atoms with E-state index in [9.17, 15) is 9.18 Å². The van der Waals surface area contributed by atoms with Gasteiger partial charge in [-0.15, -0.1) is 11.8 Å². The van der Waals surface area contributed by atoms with E-state index in [1.165, 1.54) is 23.9 Å². The summed E-state index contributed by atoms with van der Waals surface area (Å²) in [6, 6.07) is 16.6. The Hall–Kier alpha value is -3.72. The SMILES string of the molecule is Cc1noc(CSc2ccccc2C(=O)NCc2cccnc2Oc2cccc(F)c2)n1. The second kappa shape index (κ2) is 10.1. The Kier molecular flexibility index (Phi) is 6.76. The van der Waals surface area contributed by atoms with Crippen LogP contribution in [0.4, 0.5) is 4.39 Å². The van der Waals surface area contributed by atoms with Gasteiger partial charge in [-0.3, -0.25) is 4.79 Å². The Morgan fingerprint density at radius 2 is 2.03 bits per heavy atom. The molecule has 0 atom stereocenters. The number of amides is 1. The van der Waals surface area contributed by atoms with Crippen LogP contribution in [0.15, 0.2) is 76.3 Å². The zero-order valence-electron chi connectivity index (χ0n) is 17.1. The summed E-state index contributed by atoms with van der Waals surface area (Å²) in [5, 5.41) is 6.67. The van der Waals surface area contributed by atoms with Crippen molar-refractivity contribution in [3.63, 3.8) is 0 Å². The van der Waals surface area contributed by atoms with Crippen molar-refractivity contribution in [1.29, 1.82) is 0 Å². The van der Waals surface area contributed by atoms with Gasteiger partial charge in [0.15, 0.2) is 5.82 Å². The minimum Gasteiger partial charge on any atom is -0.439 e. The van der Waals surface area contributed by atoms with Crippen molar-refractivity contribution >= 4 is 17.7 Å². The first kappa shape index (κ1) is 21.5. The monoisotopic (exact) mass is 450 g/mol. The normalized spacial score (nSPS) is 10.7. The van der Waals surface area contributed by atoms with Gasteiger partial charge in [0.1, 0.15) is 11.6 Å². The Morgan fingerprint density at radius 1 is 1.16 bits per heavy atom. The molecule has 9 heteroatoms. The van der Waals surface area contributed by atoms with Crippen LogP contribution in [0.1, 0.15) is 27.6 Å². The summed E-state index contributed by atoms with van der Waals surface area (Å²) >= 11 is 1.44. The topological polar surface area (TPSA) is 90.1 Å². The van der Waals surface area contributed by atoms with Gasteiger partial charge in [-0.05, 0) is 37.3 Å². The third kappa shape index (κ3) is 5.50. The third-order valence-electron chi connectivity index (χ3n) is 4.35. The van der Waals surface area contributed by atoms with E-state index in [4.69, 9.17) is 9.26 Å². The summed E-state index contributed by atoms with van der Waals surface area (Å²) in [6.07, 6.45) is 1.57. The van der Waals surface area contributed by atoms with Crippen LogP contribution in [0.5, 0.6) is 11.6 Å². The maximum Gasteiger partial charge on any atom is 0.252 e. The lowest BCUT2D eigenvalue weighted by atomic mass is 10.2. The first-order chi connectivity index (χ1) is 15.6. The van der Waals surface area contributed by atoms with Gasteiger partial charge >= 0.3 is 0 Å². The van der Waals surface area contributed by atoms with Gasteiger partial charge in [0.25, 0.3) is 5.91 Å². The number of carbonyl (C=O) groups excluding carboxylic acids is 1. The first-order valence-corrected chi connectivity index (χ1v) is 10.7. The molecular formula is C23H19FN4O3S. The number of carbonyl (C=O) groups is 1. The number of pyridine rings is 1. The number of ether oxygens (including phenoxy) is 1. The van der Waals surface area contributed by atoms with Gasteiger partial charge in [-0.2, -0.15) is 4.98 Å². The summed E-state index contributed by atoms with van der Waals surface area (Å²) in [5.74, 6) is 1.51. The highest BCUT2D eigenvalue weighted by molar-refractivity contribution is 7.98. The van der Waals surface area contributed by atoms with E-state index in [2.05, 4.69) is 20.4 Å².